The van der Waals surface area contributed by atoms with Gasteiger partial charge in [0, 0.05) is 18.3 Å². The maximum absolute atomic E-state index is 12.2. The number of benzene rings is 1. The van der Waals surface area contributed by atoms with Crippen molar-refractivity contribution in [3.05, 3.63) is 23.8 Å². The summed E-state index contributed by atoms with van der Waals surface area (Å²) in [6.45, 7) is 6.15. The Morgan fingerprint density at radius 2 is 1.95 bits per heavy atom. The van der Waals surface area contributed by atoms with Crippen LogP contribution in [-0.2, 0) is 10.0 Å². The summed E-state index contributed by atoms with van der Waals surface area (Å²) in [5, 5.41) is 12.3. The van der Waals surface area contributed by atoms with Crippen molar-refractivity contribution < 1.29 is 18.3 Å². The summed E-state index contributed by atoms with van der Waals surface area (Å²) in [6, 6.07) is 4.14. The molecule has 1 rings (SSSR count). The number of hydrogen-bond donors (Lipinski definition) is 3. The lowest BCUT2D eigenvalue weighted by atomic mass is 10.1. The van der Waals surface area contributed by atoms with Crippen molar-refractivity contribution in [2.45, 2.75) is 51.0 Å². The van der Waals surface area contributed by atoms with E-state index in [2.05, 4.69) is 10.0 Å². The quantitative estimate of drug-likeness (QED) is 0.606. The minimum absolute atomic E-state index is 0.0318. The zero-order valence-electron chi connectivity index (χ0n) is 13.2. The zero-order valence-corrected chi connectivity index (χ0v) is 14.0. The standard InChI is InChI=1S/C15H24N2O4S/c1-4-5-6-9-16-22(20,21)12-7-8-14(17-11(2)3)13(10-12)15(18)19/h7-8,10-11,16-17H,4-6,9H2,1-3H3,(H,18,19). The topological polar surface area (TPSA) is 95.5 Å². The Kier molecular flexibility index (Phi) is 6.83. The molecule has 7 heteroatoms. The van der Waals surface area contributed by atoms with Gasteiger partial charge in [-0.15, -0.1) is 0 Å². The molecule has 3 N–H and O–H groups in total. The van der Waals surface area contributed by atoms with Gasteiger partial charge in [0.2, 0.25) is 10.0 Å². The highest BCUT2D eigenvalue weighted by molar-refractivity contribution is 7.89. The van der Waals surface area contributed by atoms with Crippen molar-refractivity contribution in [3.63, 3.8) is 0 Å². The van der Waals surface area contributed by atoms with E-state index in [1.54, 1.807) is 0 Å². The fraction of sp³-hybridized carbons (Fsp3) is 0.533. The second-order valence-corrected chi connectivity index (χ2v) is 7.18. The van der Waals surface area contributed by atoms with Crippen LogP contribution in [0.5, 0.6) is 0 Å². The van der Waals surface area contributed by atoms with Crippen molar-refractivity contribution in [3.8, 4) is 0 Å². The number of rotatable bonds is 9. The van der Waals surface area contributed by atoms with E-state index in [1.165, 1.54) is 18.2 Å². The molecule has 22 heavy (non-hydrogen) atoms. The molecule has 0 heterocycles. The Bertz CT molecular complexity index is 612. The Labute approximate surface area is 132 Å². The molecular formula is C15H24N2O4S. The van der Waals surface area contributed by atoms with Crippen molar-refractivity contribution in [2.75, 3.05) is 11.9 Å². The molecule has 124 valence electrons. The van der Waals surface area contributed by atoms with E-state index >= 15 is 0 Å². The normalized spacial score (nSPS) is 11.6. The third-order valence-electron chi connectivity index (χ3n) is 3.05. The minimum atomic E-state index is -3.68. The monoisotopic (exact) mass is 328 g/mol. The number of carboxylic acids is 1. The Morgan fingerprint density at radius 3 is 2.50 bits per heavy atom. The Balaban J connectivity index is 3.00. The highest BCUT2D eigenvalue weighted by Crippen LogP contribution is 2.21. The molecule has 0 saturated carbocycles. The van der Waals surface area contributed by atoms with Crippen LogP contribution in [0.1, 0.15) is 50.4 Å². The third kappa shape index (κ3) is 5.31. The number of carbonyl (C=O) groups is 1. The highest BCUT2D eigenvalue weighted by atomic mass is 32.2. The fourth-order valence-corrected chi connectivity index (χ4v) is 3.07. The van der Waals surface area contributed by atoms with Crippen molar-refractivity contribution in [1.82, 2.24) is 4.72 Å². The summed E-state index contributed by atoms with van der Waals surface area (Å²) in [7, 11) is -3.68. The molecule has 0 bridgehead atoms. The molecule has 0 unspecified atom stereocenters. The molecule has 0 amide bonds. The summed E-state index contributed by atoms with van der Waals surface area (Å²) < 4.78 is 26.9. The first-order valence-electron chi connectivity index (χ1n) is 7.41. The van der Waals surface area contributed by atoms with E-state index in [0.29, 0.717) is 12.2 Å². The van der Waals surface area contributed by atoms with Gasteiger partial charge in [-0.1, -0.05) is 19.8 Å². The predicted molar refractivity (Wildman–Crippen MR) is 86.9 cm³/mol. The minimum Gasteiger partial charge on any atom is -0.478 e. The van der Waals surface area contributed by atoms with E-state index in [1.807, 2.05) is 20.8 Å². The first-order valence-corrected chi connectivity index (χ1v) is 8.89. The molecule has 6 nitrogen and oxygen atoms in total. The fourth-order valence-electron chi connectivity index (χ4n) is 1.97. The zero-order chi connectivity index (χ0) is 16.8. The molecule has 0 aliphatic heterocycles. The lowest BCUT2D eigenvalue weighted by molar-refractivity contribution is 0.0697. The SMILES string of the molecule is CCCCCNS(=O)(=O)c1ccc(NC(C)C)c(C(=O)O)c1. The van der Waals surface area contributed by atoms with Crippen LogP contribution in [0.3, 0.4) is 0 Å². The summed E-state index contributed by atoms with van der Waals surface area (Å²) in [4.78, 5) is 11.3. The van der Waals surface area contributed by atoms with Gasteiger partial charge in [0.05, 0.1) is 10.5 Å². The van der Waals surface area contributed by atoms with Crippen LogP contribution in [0.25, 0.3) is 0 Å². The van der Waals surface area contributed by atoms with E-state index in [9.17, 15) is 18.3 Å². The number of aromatic carboxylic acids is 1. The molecule has 0 aliphatic carbocycles. The van der Waals surface area contributed by atoms with Gasteiger partial charge in [-0.05, 0) is 38.5 Å². The van der Waals surface area contributed by atoms with Gasteiger partial charge in [-0.3, -0.25) is 0 Å². The van der Waals surface area contributed by atoms with Crippen LogP contribution in [0.4, 0.5) is 5.69 Å². The van der Waals surface area contributed by atoms with Crippen LogP contribution in [0.15, 0.2) is 23.1 Å². The van der Waals surface area contributed by atoms with E-state index < -0.39 is 16.0 Å². The summed E-state index contributed by atoms with van der Waals surface area (Å²) in [6.07, 6.45) is 2.70. The predicted octanol–water partition coefficient (Wildman–Crippen LogP) is 2.67. The van der Waals surface area contributed by atoms with Crippen LogP contribution in [0, 0.1) is 0 Å². The van der Waals surface area contributed by atoms with E-state index in [0.717, 1.165) is 19.3 Å². The van der Waals surface area contributed by atoms with E-state index in [-0.39, 0.29) is 16.5 Å². The first-order chi connectivity index (χ1) is 10.3. The van der Waals surface area contributed by atoms with Crippen LogP contribution in [0.2, 0.25) is 0 Å². The second kappa shape index (κ2) is 8.14. The average Bonchev–Trinajstić information content (AvgIpc) is 2.43. The average molecular weight is 328 g/mol. The van der Waals surface area contributed by atoms with Gasteiger partial charge < -0.3 is 10.4 Å². The number of unbranched alkanes of at least 4 members (excludes halogenated alkanes) is 2. The lowest BCUT2D eigenvalue weighted by Gasteiger charge is -2.14. The molecule has 0 fully saturated rings. The van der Waals surface area contributed by atoms with Crippen molar-refractivity contribution >= 4 is 21.7 Å². The highest BCUT2D eigenvalue weighted by Gasteiger charge is 2.18. The molecule has 0 aromatic heterocycles. The van der Waals surface area contributed by atoms with E-state index in [4.69, 9.17) is 0 Å². The van der Waals surface area contributed by atoms with Gasteiger partial charge in [0.15, 0.2) is 0 Å². The van der Waals surface area contributed by atoms with Crippen molar-refractivity contribution in [1.29, 1.82) is 0 Å². The number of anilines is 1. The molecule has 0 aliphatic rings. The number of nitrogens with one attached hydrogen (secondary N) is 2. The molecule has 0 atom stereocenters. The smallest absolute Gasteiger partial charge is 0.337 e. The van der Waals surface area contributed by atoms with Gasteiger partial charge in [-0.2, -0.15) is 0 Å². The number of hydrogen-bond acceptors (Lipinski definition) is 4. The van der Waals surface area contributed by atoms with Gasteiger partial charge in [0.1, 0.15) is 0 Å². The molecule has 0 saturated heterocycles. The maximum atomic E-state index is 12.2. The largest absolute Gasteiger partial charge is 0.478 e. The van der Waals surface area contributed by atoms with Crippen LogP contribution in [-0.4, -0.2) is 32.1 Å². The molecule has 0 radical (unpaired) electrons. The van der Waals surface area contributed by atoms with Gasteiger partial charge in [0.25, 0.3) is 0 Å². The first kappa shape index (κ1) is 18.4. The summed E-state index contributed by atoms with van der Waals surface area (Å²) in [5.41, 5.74) is 0.359. The molecule has 1 aromatic rings. The van der Waals surface area contributed by atoms with Crippen LogP contribution >= 0.6 is 0 Å². The van der Waals surface area contributed by atoms with Crippen molar-refractivity contribution in [2.24, 2.45) is 0 Å². The number of carboxylic acid groups (broad SMARTS) is 1. The summed E-state index contributed by atoms with van der Waals surface area (Å²) in [5.74, 6) is -1.16. The lowest BCUT2D eigenvalue weighted by Crippen LogP contribution is -2.25. The number of sulfonamides is 1. The third-order valence-corrected chi connectivity index (χ3v) is 4.51. The second-order valence-electron chi connectivity index (χ2n) is 5.42. The Hall–Kier alpha value is -1.60. The maximum Gasteiger partial charge on any atom is 0.337 e. The summed E-state index contributed by atoms with van der Waals surface area (Å²) >= 11 is 0. The van der Waals surface area contributed by atoms with Gasteiger partial charge in [-0.25, -0.2) is 17.9 Å². The molecule has 0 spiro atoms. The molecular weight excluding hydrogens is 304 g/mol. The molecule has 1 aromatic carbocycles. The Morgan fingerprint density at radius 1 is 1.27 bits per heavy atom. The van der Waals surface area contributed by atoms with Gasteiger partial charge >= 0.3 is 5.97 Å². The van der Waals surface area contributed by atoms with Crippen LogP contribution < -0.4 is 10.0 Å².